The van der Waals surface area contributed by atoms with Crippen LogP contribution in [0.25, 0.3) is 0 Å². The summed E-state index contributed by atoms with van der Waals surface area (Å²) >= 11 is 0. The summed E-state index contributed by atoms with van der Waals surface area (Å²) in [7, 11) is 0. The average molecular weight is 223 g/mol. The SMILES string of the molecule is CCC1COC(C)CN1C(=O)n1ccnc1. The lowest BCUT2D eigenvalue weighted by atomic mass is 10.1. The minimum absolute atomic E-state index is 0.0144. The lowest BCUT2D eigenvalue weighted by molar-refractivity contribution is -0.0376. The Kier molecular flexibility index (Phi) is 3.24. The van der Waals surface area contributed by atoms with Crippen molar-refractivity contribution in [3.8, 4) is 0 Å². The van der Waals surface area contributed by atoms with E-state index in [9.17, 15) is 4.79 Å². The van der Waals surface area contributed by atoms with Gasteiger partial charge in [-0.15, -0.1) is 0 Å². The number of hydrogen-bond donors (Lipinski definition) is 0. The van der Waals surface area contributed by atoms with Gasteiger partial charge in [0.15, 0.2) is 0 Å². The molecule has 0 spiro atoms. The van der Waals surface area contributed by atoms with Gasteiger partial charge < -0.3 is 9.64 Å². The van der Waals surface area contributed by atoms with E-state index in [0.717, 1.165) is 6.42 Å². The van der Waals surface area contributed by atoms with Crippen molar-refractivity contribution in [3.05, 3.63) is 18.7 Å². The van der Waals surface area contributed by atoms with Crippen LogP contribution in [0.5, 0.6) is 0 Å². The number of hydrogen-bond acceptors (Lipinski definition) is 3. The van der Waals surface area contributed by atoms with E-state index in [2.05, 4.69) is 11.9 Å². The fraction of sp³-hybridized carbons (Fsp3) is 0.636. The summed E-state index contributed by atoms with van der Waals surface area (Å²) in [6, 6.07) is 0.158. The van der Waals surface area contributed by atoms with Gasteiger partial charge in [0.1, 0.15) is 6.33 Å². The molecule has 5 nitrogen and oxygen atoms in total. The van der Waals surface area contributed by atoms with E-state index in [0.29, 0.717) is 13.2 Å². The molecule has 88 valence electrons. The monoisotopic (exact) mass is 223 g/mol. The zero-order chi connectivity index (χ0) is 11.5. The lowest BCUT2D eigenvalue weighted by Gasteiger charge is -2.38. The van der Waals surface area contributed by atoms with Crippen molar-refractivity contribution in [2.75, 3.05) is 13.2 Å². The van der Waals surface area contributed by atoms with Gasteiger partial charge in [-0.05, 0) is 13.3 Å². The van der Waals surface area contributed by atoms with Crippen LogP contribution in [0.2, 0.25) is 0 Å². The van der Waals surface area contributed by atoms with E-state index in [4.69, 9.17) is 4.74 Å². The molecule has 1 aliphatic heterocycles. The van der Waals surface area contributed by atoms with Crippen molar-refractivity contribution in [2.45, 2.75) is 32.4 Å². The van der Waals surface area contributed by atoms with Gasteiger partial charge in [0.2, 0.25) is 0 Å². The summed E-state index contributed by atoms with van der Waals surface area (Å²) in [4.78, 5) is 17.9. The van der Waals surface area contributed by atoms with Gasteiger partial charge >= 0.3 is 6.03 Å². The Morgan fingerprint density at radius 2 is 2.44 bits per heavy atom. The maximum Gasteiger partial charge on any atom is 0.329 e. The number of rotatable bonds is 1. The second-order valence-corrected chi connectivity index (χ2v) is 4.11. The lowest BCUT2D eigenvalue weighted by Crippen LogP contribution is -2.52. The highest BCUT2D eigenvalue weighted by Gasteiger charge is 2.29. The molecule has 1 aliphatic rings. The van der Waals surface area contributed by atoms with Gasteiger partial charge in [-0.1, -0.05) is 6.92 Å². The van der Waals surface area contributed by atoms with Gasteiger partial charge in [-0.3, -0.25) is 4.57 Å². The number of nitrogens with zero attached hydrogens (tertiary/aromatic N) is 3. The van der Waals surface area contributed by atoms with Crippen LogP contribution in [-0.4, -0.2) is 45.8 Å². The second-order valence-electron chi connectivity index (χ2n) is 4.11. The molecular formula is C11H17N3O2. The molecule has 2 heterocycles. The highest BCUT2D eigenvalue weighted by molar-refractivity contribution is 5.77. The minimum Gasteiger partial charge on any atom is -0.375 e. The van der Waals surface area contributed by atoms with Gasteiger partial charge in [0.25, 0.3) is 0 Å². The van der Waals surface area contributed by atoms with Crippen molar-refractivity contribution in [2.24, 2.45) is 0 Å². The van der Waals surface area contributed by atoms with Crippen molar-refractivity contribution >= 4 is 6.03 Å². The zero-order valence-electron chi connectivity index (χ0n) is 9.67. The second kappa shape index (κ2) is 4.65. The molecule has 0 aliphatic carbocycles. The Hall–Kier alpha value is -1.36. The molecule has 0 bridgehead atoms. The number of amides is 1. The molecule has 2 atom stereocenters. The molecule has 2 unspecified atom stereocenters. The summed E-state index contributed by atoms with van der Waals surface area (Å²) in [5.41, 5.74) is 0. The number of morpholine rings is 1. The van der Waals surface area contributed by atoms with Gasteiger partial charge in [-0.2, -0.15) is 0 Å². The van der Waals surface area contributed by atoms with E-state index < -0.39 is 0 Å². The summed E-state index contributed by atoms with van der Waals surface area (Å²) in [5.74, 6) is 0. The zero-order valence-corrected chi connectivity index (χ0v) is 9.67. The first kappa shape index (κ1) is 11.1. The molecular weight excluding hydrogens is 206 g/mol. The van der Waals surface area contributed by atoms with Crippen LogP contribution in [-0.2, 0) is 4.74 Å². The number of carbonyl (C=O) groups excluding carboxylic acids is 1. The van der Waals surface area contributed by atoms with Crippen molar-refractivity contribution < 1.29 is 9.53 Å². The maximum atomic E-state index is 12.2. The normalized spacial score (nSPS) is 25.8. The van der Waals surface area contributed by atoms with Crippen LogP contribution in [0.4, 0.5) is 4.79 Å². The molecule has 2 rings (SSSR count). The quantitative estimate of drug-likeness (QED) is 0.722. The summed E-state index contributed by atoms with van der Waals surface area (Å²) in [5, 5.41) is 0. The Balaban J connectivity index is 2.13. The standard InChI is InChI=1S/C11H17N3O2/c1-3-10-7-16-9(2)6-14(10)11(15)13-5-4-12-8-13/h4-5,8-10H,3,6-7H2,1-2H3. The van der Waals surface area contributed by atoms with Crippen LogP contribution in [0.15, 0.2) is 18.7 Å². The van der Waals surface area contributed by atoms with E-state index in [1.807, 2.05) is 11.8 Å². The fourth-order valence-corrected chi connectivity index (χ4v) is 1.94. The first-order chi connectivity index (χ1) is 7.72. The van der Waals surface area contributed by atoms with E-state index in [-0.39, 0.29) is 18.2 Å². The maximum absolute atomic E-state index is 12.2. The molecule has 0 N–H and O–H groups in total. The first-order valence-electron chi connectivity index (χ1n) is 5.63. The largest absolute Gasteiger partial charge is 0.375 e. The Bertz CT molecular complexity index is 350. The average Bonchev–Trinajstić information content (AvgIpc) is 2.81. The predicted octanol–water partition coefficient (Wildman–Crippen LogP) is 1.35. The van der Waals surface area contributed by atoms with E-state index >= 15 is 0 Å². The van der Waals surface area contributed by atoms with Crippen LogP contribution in [0.1, 0.15) is 20.3 Å². The van der Waals surface area contributed by atoms with Gasteiger partial charge in [0, 0.05) is 18.9 Å². The summed E-state index contributed by atoms with van der Waals surface area (Å²) in [6.07, 6.45) is 5.84. The Labute approximate surface area is 95.0 Å². The van der Waals surface area contributed by atoms with E-state index in [1.165, 1.54) is 10.9 Å². The Morgan fingerprint density at radius 3 is 3.06 bits per heavy atom. The Morgan fingerprint density at radius 1 is 1.62 bits per heavy atom. The van der Waals surface area contributed by atoms with Crippen LogP contribution < -0.4 is 0 Å². The van der Waals surface area contributed by atoms with Crippen LogP contribution in [0.3, 0.4) is 0 Å². The van der Waals surface area contributed by atoms with Crippen LogP contribution >= 0.6 is 0 Å². The fourth-order valence-electron chi connectivity index (χ4n) is 1.94. The van der Waals surface area contributed by atoms with Crippen molar-refractivity contribution in [1.82, 2.24) is 14.5 Å². The van der Waals surface area contributed by atoms with Crippen LogP contribution in [0, 0.1) is 0 Å². The molecule has 0 aromatic carbocycles. The third-order valence-electron chi connectivity index (χ3n) is 2.91. The molecule has 16 heavy (non-hydrogen) atoms. The van der Waals surface area contributed by atoms with Crippen molar-refractivity contribution in [1.29, 1.82) is 0 Å². The highest BCUT2D eigenvalue weighted by atomic mass is 16.5. The smallest absolute Gasteiger partial charge is 0.329 e. The number of ether oxygens (including phenoxy) is 1. The summed E-state index contributed by atoms with van der Waals surface area (Å²) in [6.45, 7) is 5.33. The topological polar surface area (TPSA) is 47.4 Å². The third kappa shape index (κ3) is 2.09. The predicted molar refractivity (Wildman–Crippen MR) is 59.2 cm³/mol. The molecule has 1 aromatic heterocycles. The summed E-state index contributed by atoms with van der Waals surface area (Å²) < 4.78 is 7.07. The number of imidazole rings is 1. The number of aromatic nitrogens is 2. The van der Waals surface area contributed by atoms with Gasteiger partial charge in [-0.25, -0.2) is 9.78 Å². The molecule has 1 amide bonds. The third-order valence-corrected chi connectivity index (χ3v) is 2.91. The molecule has 1 fully saturated rings. The van der Waals surface area contributed by atoms with Gasteiger partial charge in [0.05, 0.1) is 18.8 Å². The first-order valence-corrected chi connectivity index (χ1v) is 5.63. The minimum atomic E-state index is -0.0144. The number of carbonyl (C=O) groups is 1. The van der Waals surface area contributed by atoms with Crippen molar-refractivity contribution in [3.63, 3.8) is 0 Å². The molecule has 1 aromatic rings. The molecule has 0 saturated carbocycles. The molecule has 1 saturated heterocycles. The molecule has 5 heteroatoms. The molecule has 0 radical (unpaired) electrons. The highest BCUT2D eigenvalue weighted by Crippen LogP contribution is 2.15. The van der Waals surface area contributed by atoms with E-state index in [1.54, 1.807) is 12.4 Å².